The van der Waals surface area contributed by atoms with Crippen LogP contribution in [-0.4, -0.2) is 9.98 Å². The maximum Gasteiger partial charge on any atom is -1.00 e. The van der Waals surface area contributed by atoms with Crippen molar-refractivity contribution in [3.63, 3.8) is 0 Å². The second-order valence-corrected chi connectivity index (χ2v) is 34.9. The predicted molar refractivity (Wildman–Crippen MR) is 167 cm³/mol. The molecular formula is C37H30Cl2GeZr. The molecule has 2 aliphatic carbocycles. The van der Waals surface area contributed by atoms with E-state index in [-0.39, 0.29) is 24.8 Å². The van der Waals surface area contributed by atoms with E-state index in [2.05, 4.69) is 145 Å². The molecular weight excluding hydrogens is 679 g/mol. The van der Waals surface area contributed by atoms with Gasteiger partial charge in [-0.1, -0.05) is 0 Å². The number of halogens is 2. The van der Waals surface area contributed by atoms with E-state index >= 15 is 0 Å². The van der Waals surface area contributed by atoms with Crippen LogP contribution in [-0.2, 0) is 18.6 Å². The number of benzene rings is 5. The third-order valence-electron chi connectivity index (χ3n) is 8.17. The average molecular weight is 709 g/mol. The molecule has 0 radical (unpaired) electrons. The van der Waals surface area contributed by atoms with Crippen LogP contribution in [0.2, 0.25) is 5.76 Å². The Balaban J connectivity index is 0.00000169. The number of rotatable bonds is 5. The Bertz CT molecular complexity index is 1800. The molecule has 0 N–H and O–H groups in total. The van der Waals surface area contributed by atoms with E-state index in [1.807, 2.05) is 6.56 Å². The maximum absolute atomic E-state index is 2.68. The molecule has 41 heavy (non-hydrogen) atoms. The van der Waals surface area contributed by atoms with Crippen LogP contribution in [0, 0.1) is 0 Å². The summed E-state index contributed by atoms with van der Waals surface area (Å²) in [5.41, 5.74) is 5.84. The smallest absolute Gasteiger partial charge is 1.00 e. The van der Waals surface area contributed by atoms with Crippen molar-refractivity contribution in [2.45, 2.75) is 18.6 Å². The molecule has 0 bridgehead atoms. The summed E-state index contributed by atoms with van der Waals surface area (Å²) in [7, 11) is -1.56. The number of hydrogen-bond acceptors (Lipinski definition) is 0. The van der Waals surface area contributed by atoms with E-state index in [1.165, 1.54) is 43.8 Å². The van der Waals surface area contributed by atoms with E-state index < -0.39 is 28.6 Å². The summed E-state index contributed by atoms with van der Waals surface area (Å²) in [6.07, 6.45) is 12.0. The monoisotopic (exact) mass is 708 g/mol. The molecule has 0 spiro atoms. The van der Waals surface area contributed by atoms with Crippen molar-refractivity contribution in [2.24, 2.45) is 0 Å². The first-order valence-corrected chi connectivity index (χ1v) is 26.8. The quantitative estimate of drug-likeness (QED) is 0.247. The first-order chi connectivity index (χ1) is 19.3. The van der Waals surface area contributed by atoms with Gasteiger partial charge in [0.1, 0.15) is 0 Å². The van der Waals surface area contributed by atoms with Gasteiger partial charge in [0.25, 0.3) is 0 Å². The zero-order valence-corrected chi connectivity index (χ0v) is 29.0. The standard InChI is InChI=1S/2C15H11.C7H8Ge.2ClH.Zr/c2*1-2-6-12(5-1)15-10-9-13-7-3-4-8-14(13)11-15;1-8-7-5-3-2-4-6-7;;;/h2*1,3-5,7-11H,2H2;2-6H,1H3;2*1H;/q;;;;;+2/p-2. The van der Waals surface area contributed by atoms with Crippen LogP contribution in [0.3, 0.4) is 0 Å². The van der Waals surface area contributed by atoms with Crippen molar-refractivity contribution in [2.75, 3.05) is 0 Å². The second kappa shape index (κ2) is 13.3. The SMILES string of the molecule is [CH3][Ge]([c]1ccccc1)=[Zr+2]([C]1=C(c2ccc3ccccc3c2)C=CC1)[C]1=C(c2ccc3ccccc3c2)C=CC1.[Cl-].[Cl-]. The van der Waals surface area contributed by atoms with Crippen molar-refractivity contribution in [3.05, 3.63) is 157 Å². The first kappa shape index (κ1) is 30.1. The molecule has 0 saturated carbocycles. The first-order valence-electron chi connectivity index (χ1n) is 13.8. The molecule has 2 aliphatic rings. The van der Waals surface area contributed by atoms with Gasteiger partial charge in [0, 0.05) is 0 Å². The van der Waals surface area contributed by atoms with Crippen LogP contribution < -0.4 is 29.2 Å². The van der Waals surface area contributed by atoms with Gasteiger partial charge < -0.3 is 24.8 Å². The Morgan fingerprint density at radius 1 is 0.512 bits per heavy atom. The van der Waals surface area contributed by atoms with Crippen molar-refractivity contribution in [1.29, 1.82) is 0 Å². The fraction of sp³-hybridized carbons (Fsp3) is 0.0811. The number of hydrogen-bond donors (Lipinski definition) is 0. The molecule has 0 aromatic heterocycles. The van der Waals surface area contributed by atoms with E-state index in [0.29, 0.717) is 0 Å². The van der Waals surface area contributed by atoms with Gasteiger partial charge in [-0.05, 0) is 0 Å². The van der Waals surface area contributed by atoms with Crippen molar-refractivity contribution >= 4 is 47.1 Å². The molecule has 0 atom stereocenters. The third kappa shape index (κ3) is 5.93. The summed E-state index contributed by atoms with van der Waals surface area (Å²) in [5, 5.41) is 5.31. The van der Waals surface area contributed by atoms with Gasteiger partial charge in [0.2, 0.25) is 0 Å². The molecule has 0 fully saturated rings. The number of allylic oxidation sites excluding steroid dienone is 8. The van der Waals surface area contributed by atoms with Gasteiger partial charge in [-0.2, -0.15) is 0 Å². The van der Waals surface area contributed by atoms with E-state index in [9.17, 15) is 0 Å². The van der Waals surface area contributed by atoms with Crippen molar-refractivity contribution in [1.82, 2.24) is 0 Å². The van der Waals surface area contributed by atoms with Crippen LogP contribution in [0.4, 0.5) is 0 Å². The molecule has 0 amide bonds. The summed E-state index contributed by atoms with van der Waals surface area (Å²) in [4.78, 5) is 0. The van der Waals surface area contributed by atoms with E-state index in [0.717, 1.165) is 12.8 Å². The molecule has 0 nitrogen and oxygen atoms in total. The Morgan fingerprint density at radius 2 is 0.951 bits per heavy atom. The fourth-order valence-corrected chi connectivity index (χ4v) is 38.3. The van der Waals surface area contributed by atoms with Crippen LogP contribution in [0.1, 0.15) is 24.0 Å². The molecule has 5 aromatic rings. The fourth-order valence-electron chi connectivity index (χ4n) is 6.21. The summed E-state index contributed by atoms with van der Waals surface area (Å²) >= 11 is -2.24. The molecule has 0 heterocycles. The molecule has 0 saturated heterocycles. The largest absolute Gasteiger partial charge is 1.00 e. The topological polar surface area (TPSA) is 0 Å². The molecule has 200 valence electrons. The molecule has 0 unspecified atom stereocenters. The van der Waals surface area contributed by atoms with E-state index in [4.69, 9.17) is 0 Å². The summed E-state index contributed by atoms with van der Waals surface area (Å²) in [6, 6.07) is 43.2. The minimum Gasteiger partial charge on any atom is -1.00 e. The summed E-state index contributed by atoms with van der Waals surface area (Å²) < 4.78 is 5.28. The second-order valence-electron chi connectivity index (χ2n) is 10.5. The van der Waals surface area contributed by atoms with Crippen molar-refractivity contribution < 1.29 is 43.4 Å². The Morgan fingerprint density at radius 3 is 1.44 bits per heavy atom. The normalized spacial score (nSPS) is 13.8. The maximum atomic E-state index is 2.68. The van der Waals surface area contributed by atoms with Gasteiger partial charge in [0.05, 0.1) is 0 Å². The van der Waals surface area contributed by atoms with Crippen LogP contribution >= 0.6 is 0 Å². The Hall–Kier alpha value is -2.41. The van der Waals surface area contributed by atoms with Gasteiger partial charge in [-0.3, -0.25) is 0 Å². The minimum atomic E-state index is -2.24. The van der Waals surface area contributed by atoms with Gasteiger partial charge in [0.15, 0.2) is 0 Å². The van der Waals surface area contributed by atoms with E-state index in [1.54, 1.807) is 4.40 Å². The molecule has 5 aromatic carbocycles. The average Bonchev–Trinajstić information content (AvgIpc) is 3.68. The zero-order chi connectivity index (χ0) is 26.2. The minimum absolute atomic E-state index is 0. The van der Waals surface area contributed by atoms with Gasteiger partial charge in [-0.25, -0.2) is 0 Å². The molecule has 4 heteroatoms. The van der Waals surface area contributed by atoms with Crippen LogP contribution in [0.25, 0.3) is 32.7 Å². The predicted octanol–water partition coefficient (Wildman–Crippen LogP) is 3.19. The van der Waals surface area contributed by atoms with Crippen LogP contribution in [0.15, 0.2) is 146 Å². The Labute approximate surface area is 264 Å². The third-order valence-corrected chi connectivity index (χ3v) is 38.3. The Kier molecular flexibility index (Phi) is 9.72. The van der Waals surface area contributed by atoms with Crippen LogP contribution in [0.5, 0.6) is 0 Å². The van der Waals surface area contributed by atoms with Gasteiger partial charge >= 0.3 is 242 Å². The zero-order valence-electron chi connectivity index (χ0n) is 22.9. The molecule has 0 aliphatic heterocycles. The summed E-state index contributed by atoms with van der Waals surface area (Å²) in [5.74, 6) is 2.68. The number of fused-ring (bicyclic) bond motifs is 2. The molecule has 7 rings (SSSR count). The van der Waals surface area contributed by atoms with Gasteiger partial charge in [-0.15, -0.1) is 0 Å². The van der Waals surface area contributed by atoms with Crippen molar-refractivity contribution in [3.8, 4) is 0 Å². The summed E-state index contributed by atoms with van der Waals surface area (Å²) in [6.45, 7) is 0.